The zero-order valence-corrected chi connectivity index (χ0v) is 14.6. The lowest BCUT2D eigenvalue weighted by Gasteiger charge is -2.16. The van der Waals surface area contributed by atoms with Gasteiger partial charge in [0.15, 0.2) is 6.29 Å². The van der Waals surface area contributed by atoms with Gasteiger partial charge in [-0.05, 0) is 23.1 Å². The molecule has 2 heterocycles. The van der Waals surface area contributed by atoms with Gasteiger partial charge in [0.05, 0.1) is 11.4 Å². The van der Waals surface area contributed by atoms with Crippen LogP contribution in [0, 0.1) is 0 Å². The van der Waals surface area contributed by atoms with Gasteiger partial charge in [-0.2, -0.15) is 0 Å². The first-order valence-corrected chi connectivity index (χ1v) is 9.56. The predicted molar refractivity (Wildman–Crippen MR) is 95.3 cm³/mol. The Morgan fingerprint density at radius 2 is 1.92 bits per heavy atom. The van der Waals surface area contributed by atoms with Crippen molar-refractivity contribution in [2.75, 3.05) is 11.4 Å². The molecular weight excluding hydrogens is 344 g/mol. The van der Waals surface area contributed by atoms with Gasteiger partial charge >= 0.3 is 0 Å². The van der Waals surface area contributed by atoms with Gasteiger partial charge in [0, 0.05) is 19.8 Å². The van der Waals surface area contributed by atoms with Gasteiger partial charge in [-0.25, -0.2) is 8.42 Å². The molecule has 2 aromatic heterocycles. The number of aldehydes is 1. The summed E-state index contributed by atoms with van der Waals surface area (Å²) in [4.78, 5) is 11.3. The summed E-state index contributed by atoms with van der Waals surface area (Å²) in [6, 6.07) is 14.5. The van der Waals surface area contributed by atoms with Crippen LogP contribution in [0.4, 0.5) is 5.69 Å². The van der Waals surface area contributed by atoms with E-state index in [1.807, 2.05) is 30.3 Å². The lowest BCUT2D eigenvalue weighted by Crippen LogP contribution is -2.25. The van der Waals surface area contributed by atoms with E-state index in [4.69, 9.17) is 0 Å². The molecular formula is C17H16N2O3S2. The molecule has 0 bridgehead atoms. The topological polar surface area (TPSA) is 59.4 Å². The predicted octanol–water partition coefficient (Wildman–Crippen LogP) is 3.24. The number of benzene rings is 1. The van der Waals surface area contributed by atoms with Gasteiger partial charge in [0.1, 0.15) is 4.21 Å². The third-order valence-corrected chi connectivity index (χ3v) is 6.86. The molecule has 7 heteroatoms. The summed E-state index contributed by atoms with van der Waals surface area (Å²) in [5.41, 5.74) is 1.93. The Morgan fingerprint density at radius 1 is 1.17 bits per heavy atom. The normalized spacial score (nSPS) is 11.4. The molecule has 0 saturated carbocycles. The summed E-state index contributed by atoms with van der Waals surface area (Å²) < 4.78 is 28.4. The maximum Gasteiger partial charge on any atom is 0.273 e. The van der Waals surface area contributed by atoms with Crippen molar-refractivity contribution < 1.29 is 13.2 Å². The minimum atomic E-state index is -3.61. The van der Waals surface area contributed by atoms with E-state index in [1.54, 1.807) is 34.3 Å². The molecule has 0 spiro atoms. The third kappa shape index (κ3) is 3.13. The monoisotopic (exact) mass is 360 g/mol. The largest absolute Gasteiger partial charge is 0.339 e. The molecule has 0 atom stereocenters. The number of anilines is 1. The summed E-state index contributed by atoms with van der Waals surface area (Å²) in [5, 5.41) is 1.72. The van der Waals surface area contributed by atoms with E-state index < -0.39 is 10.0 Å². The molecule has 0 aliphatic heterocycles. The van der Waals surface area contributed by atoms with E-state index in [0.29, 0.717) is 17.9 Å². The van der Waals surface area contributed by atoms with Crippen molar-refractivity contribution in [3.63, 3.8) is 0 Å². The highest BCUT2D eigenvalue weighted by Crippen LogP contribution is 2.26. The van der Waals surface area contributed by atoms with Crippen LogP contribution in [0.25, 0.3) is 0 Å². The average molecular weight is 360 g/mol. The van der Waals surface area contributed by atoms with Crippen molar-refractivity contribution in [1.82, 2.24) is 4.57 Å². The molecule has 0 N–H and O–H groups in total. The van der Waals surface area contributed by atoms with Crippen LogP contribution >= 0.6 is 11.3 Å². The number of hydrogen-bond donors (Lipinski definition) is 0. The molecule has 3 rings (SSSR count). The van der Waals surface area contributed by atoms with Crippen molar-refractivity contribution >= 4 is 33.3 Å². The molecule has 5 nitrogen and oxygen atoms in total. The summed E-state index contributed by atoms with van der Waals surface area (Å²) in [6.45, 7) is 0.502. The first-order chi connectivity index (χ1) is 11.5. The Bertz CT molecular complexity index is 930. The third-order valence-electron chi connectivity index (χ3n) is 3.71. The average Bonchev–Trinajstić information content (AvgIpc) is 3.25. The SMILES string of the molecule is CN(c1cc(C=O)n(Cc2ccccc2)c1)S(=O)(=O)c1cccs1. The van der Waals surface area contributed by atoms with E-state index >= 15 is 0 Å². The molecule has 124 valence electrons. The van der Waals surface area contributed by atoms with Crippen LogP contribution in [0.15, 0.2) is 64.3 Å². The minimum absolute atomic E-state index is 0.272. The fraction of sp³-hybridized carbons (Fsp3) is 0.118. The lowest BCUT2D eigenvalue weighted by atomic mass is 10.2. The van der Waals surface area contributed by atoms with E-state index in [9.17, 15) is 13.2 Å². The van der Waals surface area contributed by atoms with Crippen LogP contribution < -0.4 is 4.31 Å². The maximum absolute atomic E-state index is 12.6. The minimum Gasteiger partial charge on any atom is -0.339 e. The second kappa shape index (κ2) is 6.62. The number of nitrogens with zero attached hydrogens (tertiary/aromatic N) is 2. The molecule has 0 saturated heterocycles. The molecule has 0 radical (unpaired) electrons. The zero-order valence-electron chi connectivity index (χ0n) is 13.0. The quantitative estimate of drug-likeness (QED) is 0.634. The molecule has 1 aromatic carbocycles. The first-order valence-electron chi connectivity index (χ1n) is 7.24. The Labute approximate surface area is 144 Å². The molecule has 24 heavy (non-hydrogen) atoms. The summed E-state index contributed by atoms with van der Waals surface area (Å²) in [5.74, 6) is 0. The van der Waals surface area contributed by atoms with E-state index in [2.05, 4.69) is 0 Å². The summed E-state index contributed by atoms with van der Waals surface area (Å²) in [7, 11) is -2.12. The molecule has 0 amide bonds. The van der Waals surface area contributed by atoms with Crippen LogP contribution in [-0.2, 0) is 16.6 Å². The van der Waals surface area contributed by atoms with Gasteiger partial charge in [-0.15, -0.1) is 11.3 Å². The van der Waals surface area contributed by atoms with Crippen LogP contribution in [0.3, 0.4) is 0 Å². The molecule has 0 fully saturated rings. The number of carbonyl (C=O) groups excluding carboxylic acids is 1. The maximum atomic E-state index is 12.6. The summed E-state index contributed by atoms with van der Waals surface area (Å²) in [6.07, 6.45) is 2.42. The number of thiophene rings is 1. The highest BCUT2D eigenvalue weighted by molar-refractivity contribution is 7.94. The van der Waals surface area contributed by atoms with E-state index in [-0.39, 0.29) is 4.21 Å². The zero-order chi connectivity index (χ0) is 17.2. The van der Waals surface area contributed by atoms with E-state index in [1.165, 1.54) is 22.7 Å². The number of rotatable bonds is 6. The number of carbonyl (C=O) groups is 1. The molecule has 0 aliphatic rings. The van der Waals surface area contributed by atoms with Gasteiger partial charge in [-0.3, -0.25) is 9.10 Å². The van der Waals surface area contributed by atoms with Crippen LogP contribution in [-0.4, -0.2) is 26.3 Å². The highest BCUT2D eigenvalue weighted by Gasteiger charge is 2.23. The van der Waals surface area contributed by atoms with Gasteiger partial charge in [0.25, 0.3) is 10.0 Å². The molecule has 3 aromatic rings. The Balaban J connectivity index is 1.94. The molecule has 0 unspecified atom stereocenters. The Morgan fingerprint density at radius 3 is 2.54 bits per heavy atom. The van der Waals surface area contributed by atoms with Crippen molar-refractivity contribution in [3.8, 4) is 0 Å². The van der Waals surface area contributed by atoms with Gasteiger partial charge < -0.3 is 4.57 Å². The van der Waals surface area contributed by atoms with Gasteiger partial charge in [-0.1, -0.05) is 36.4 Å². The second-order valence-electron chi connectivity index (χ2n) is 5.26. The Hall–Kier alpha value is -2.38. The fourth-order valence-electron chi connectivity index (χ4n) is 2.38. The molecule has 0 aliphatic carbocycles. The highest BCUT2D eigenvalue weighted by atomic mass is 32.2. The van der Waals surface area contributed by atoms with Gasteiger partial charge in [0.2, 0.25) is 0 Å². The standard InChI is InChI=1S/C17H16N2O3S2/c1-18(24(21,22)17-8-5-9-23-17)15-10-16(13-20)19(12-15)11-14-6-3-2-4-7-14/h2-10,12-13H,11H2,1H3. The summed E-state index contributed by atoms with van der Waals surface area (Å²) >= 11 is 1.17. The first kappa shape index (κ1) is 16.5. The number of hydrogen-bond acceptors (Lipinski definition) is 4. The van der Waals surface area contributed by atoms with Crippen LogP contribution in [0.2, 0.25) is 0 Å². The van der Waals surface area contributed by atoms with Crippen LogP contribution in [0.5, 0.6) is 0 Å². The fourth-order valence-corrected chi connectivity index (χ4v) is 4.72. The van der Waals surface area contributed by atoms with Crippen molar-refractivity contribution in [3.05, 3.63) is 71.4 Å². The Kier molecular flexibility index (Phi) is 4.55. The van der Waals surface area contributed by atoms with Crippen molar-refractivity contribution in [2.24, 2.45) is 0 Å². The van der Waals surface area contributed by atoms with Crippen molar-refractivity contribution in [2.45, 2.75) is 10.8 Å². The lowest BCUT2D eigenvalue weighted by molar-refractivity contribution is 0.111. The number of sulfonamides is 1. The second-order valence-corrected chi connectivity index (χ2v) is 8.40. The smallest absolute Gasteiger partial charge is 0.273 e. The van der Waals surface area contributed by atoms with Crippen molar-refractivity contribution in [1.29, 1.82) is 0 Å². The number of aromatic nitrogens is 1. The van der Waals surface area contributed by atoms with Crippen LogP contribution in [0.1, 0.15) is 16.1 Å². The van der Waals surface area contributed by atoms with E-state index in [0.717, 1.165) is 11.8 Å².